The van der Waals surface area contributed by atoms with Crippen molar-refractivity contribution in [3.63, 3.8) is 0 Å². The number of hydrogen-bond donors (Lipinski definition) is 1. The molecule has 4 heteroatoms. The molecule has 1 aliphatic carbocycles. The minimum absolute atomic E-state index is 0.0135. The Labute approximate surface area is 115 Å². The van der Waals surface area contributed by atoms with Crippen LogP contribution in [0.5, 0.6) is 0 Å². The van der Waals surface area contributed by atoms with Crippen LogP contribution in [0.4, 0.5) is 0 Å². The third-order valence-electron chi connectivity index (χ3n) is 4.72. The van der Waals surface area contributed by atoms with Gasteiger partial charge in [0.1, 0.15) is 0 Å². The standard InChI is InChI=1S/C15H25NO3/c1-11(17)16-9-13(8-14(10-16)15(18)19)7-12-5-3-2-4-6-12/h12-14H,2-10H2,1H3,(H,18,19)/t13-,14+/m0/s1. The third kappa shape index (κ3) is 3.95. The number of hydrogen-bond acceptors (Lipinski definition) is 2. The zero-order chi connectivity index (χ0) is 13.8. The molecule has 0 aromatic rings. The van der Waals surface area contributed by atoms with Gasteiger partial charge in [0, 0.05) is 20.0 Å². The summed E-state index contributed by atoms with van der Waals surface area (Å²) in [7, 11) is 0. The molecule has 108 valence electrons. The van der Waals surface area contributed by atoms with E-state index in [2.05, 4.69) is 0 Å². The highest BCUT2D eigenvalue weighted by atomic mass is 16.4. The van der Waals surface area contributed by atoms with E-state index < -0.39 is 5.97 Å². The number of carbonyl (C=O) groups is 2. The number of carboxylic acids is 1. The van der Waals surface area contributed by atoms with E-state index in [1.54, 1.807) is 11.8 Å². The van der Waals surface area contributed by atoms with E-state index in [9.17, 15) is 14.7 Å². The zero-order valence-corrected chi connectivity index (χ0v) is 11.8. The van der Waals surface area contributed by atoms with Gasteiger partial charge in [0.2, 0.25) is 5.91 Å². The van der Waals surface area contributed by atoms with Gasteiger partial charge in [-0.1, -0.05) is 32.1 Å². The van der Waals surface area contributed by atoms with Crippen LogP contribution in [-0.2, 0) is 9.59 Å². The minimum Gasteiger partial charge on any atom is -0.481 e. The molecule has 0 bridgehead atoms. The lowest BCUT2D eigenvalue weighted by Gasteiger charge is -2.37. The fraction of sp³-hybridized carbons (Fsp3) is 0.867. The van der Waals surface area contributed by atoms with Crippen molar-refractivity contribution < 1.29 is 14.7 Å². The molecule has 2 atom stereocenters. The fourth-order valence-corrected chi connectivity index (χ4v) is 3.70. The maximum absolute atomic E-state index is 11.5. The van der Waals surface area contributed by atoms with Gasteiger partial charge in [-0.3, -0.25) is 9.59 Å². The Morgan fingerprint density at radius 3 is 2.37 bits per heavy atom. The smallest absolute Gasteiger partial charge is 0.308 e. The minimum atomic E-state index is -0.750. The number of nitrogens with zero attached hydrogens (tertiary/aromatic N) is 1. The first kappa shape index (κ1) is 14.4. The lowest BCUT2D eigenvalue weighted by atomic mass is 9.78. The molecule has 19 heavy (non-hydrogen) atoms. The topological polar surface area (TPSA) is 57.6 Å². The highest BCUT2D eigenvalue weighted by Gasteiger charge is 2.33. The molecule has 0 spiro atoms. The number of carboxylic acid groups (broad SMARTS) is 1. The summed E-state index contributed by atoms with van der Waals surface area (Å²) in [5.74, 6) is 0.0207. The Balaban J connectivity index is 1.94. The van der Waals surface area contributed by atoms with E-state index in [0.717, 1.165) is 25.3 Å². The van der Waals surface area contributed by atoms with Gasteiger partial charge in [0.05, 0.1) is 5.92 Å². The Hall–Kier alpha value is -1.06. The molecule has 0 radical (unpaired) electrons. The number of rotatable bonds is 3. The first-order valence-electron chi connectivity index (χ1n) is 7.54. The molecular weight excluding hydrogens is 242 g/mol. The normalized spacial score (nSPS) is 29.2. The van der Waals surface area contributed by atoms with Crippen molar-refractivity contribution in [3.8, 4) is 0 Å². The van der Waals surface area contributed by atoms with Crippen LogP contribution in [-0.4, -0.2) is 35.0 Å². The second kappa shape index (κ2) is 6.40. The molecule has 1 saturated heterocycles. The summed E-state index contributed by atoms with van der Waals surface area (Å²) in [4.78, 5) is 24.5. The predicted molar refractivity (Wildman–Crippen MR) is 72.7 cm³/mol. The van der Waals surface area contributed by atoms with Gasteiger partial charge in [-0.2, -0.15) is 0 Å². The summed E-state index contributed by atoms with van der Waals surface area (Å²) in [6.07, 6.45) is 8.40. The van der Waals surface area contributed by atoms with E-state index in [1.807, 2.05) is 0 Å². The summed E-state index contributed by atoms with van der Waals surface area (Å²) in [6, 6.07) is 0. The summed E-state index contributed by atoms with van der Waals surface area (Å²) in [5, 5.41) is 9.22. The van der Waals surface area contributed by atoms with Gasteiger partial charge in [0.15, 0.2) is 0 Å². The van der Waals surface area contributed by atoms with Crippen LogP contribution in [0.3, 0.4) is 0 Å². The summed E-state index contributed by atoms with van der Waals surface area (Å²) < 4.78 is 0. The Morgan fingerprint density at radius 2 is 1.79 bits per heavy atom. The summed E-state index contributed by atoms with van der Waals surface area (Å²) in [5.41, 5.74) is 0. The SMILES string of the molecule is CC(=O)N1C[C@@H](CC2CCCCC2)C[C@@H](C(=O)O)C1. The molecule has 0 aromatic carbocycles. The quantitative estimate of drug-likeness (QED) is 0.855. The van der Waals surface area contributed by atoms with Crippen LogP contribution in [0.1, 0.15) is 51.9 Å². The molecule has 1 N–H and O–H groups in total. The van der Waals surface area contributed by atoms with Gasteiger partial charge in [-0.15, -0.1) is 0 Å². The van der Waals surface area contributed by atoms with Gasteiger partial charge in [0.25, 0.3) is 0 Å². The summed E-state index contributed by atoms with van der Waals surface area (Å²) >= 11 is 0. The predicted octanol–water partition coefficient (Wildman–Crippen LogP) is 2.53. The average Bonchev–Trinajstić information content (AvgIpc) is 2.39. The number of carbonyl (C=O) groups excluding carboxylic acids is 1. The van der Waals surface area contributed by atoms with E-state index in [-0.39, 0.29) is 11.8 Å². The largest absolute Gasteiger partial charge is 0.481 e. The maximum Gasteiger partial charge on any atom is 0.308 e. The first-order valence-corrected chi connectivity index (χ1v) is 7.54. The van der Waals surface area contributed by atoms with Crippen molar-refractivity contribution in [2.24, 2.45) is 17.8 Å². The van der Waals surface area contributed by atoms with Crippen LogP contribution in [0.15, 0.2) is 0 Å². The molecule has 0 unspecified atom stereocenters. The van der Waals surface area contributed by atoms with Crippen molar-refractivity contribution in [1.82, 2.24) is 4.90 Å². The molecule has 1 amide bonds. The van der Waals surface area contributed by atoms with Crippen LogP contribution in [0, 0.1) is 17.8 Å². The second-order valence-corrected chi connectivity index (χ2v) is 6.30. The molecular formula is C15H25NO3. The third-order valence-corrected chi connectivity index (χ3v) is 4.72. The van der Waals surface area contributed by atoms with Crippen LogP contribution < -0.4 is 0 Å². The van der Waals surface area contributed by atoms with E-state index in [1.165, 1.54) is 32.1 Å². The van der Waals surface area contributed by atoms with Gasteiger partial charge < -0.3 is 10.0 Å². The molecule has 0 aromatic heterocycles. The maximum atomic E-state index is 11.5. The average molecular weight is 267 g/mol. The lowest BCUT2D eigenvalue weighted by molar-refractivity contribution is -0.146. The molecule has 2 aliphatic rings. The molecule has 4 nitrogen and oxygen atoms in total. The van der Waals surface area contributed by atoms with Crippen LogP contribution in [0.2, 0.25) is 0 Å². The van der Waals surface area contributed by atoms with Gasteiger partial charge in [-0.05, 0) is 24.7 Å². The number of aliphatic carboxylic acids is 1. The first-order chi connectivity index (χ1) is 9.06. The van der Waals surface area contributed by atoms with Crippen molar-refractivity contribution in [2.75, 3.05) is 13.1 Å². The molecule has 2 fully saturated rings. The Morgan fingerprint density at radius 1 is 1.11 bits per heavy atom. The zero-order valence-electron chi connectivity index (χ0n) is 11.8. The fourth-order valence-electron chi connectivity index (χ4n) is 3.70. The van der Waals surface area contributed by atoms with E-state index in [0.29, 0.717) is 12.5 Å². The van der Waals surface area contributed by atoms with E-state index >= 15 is 0 Å². The molecule has 1 heterocycles. The Bertz CT molecular complexity index is 314. The van der Waals surface area contributed by atoms with Crippen LogP contribution in [0.25, 0.3) is 0 Å². The van der Waals surface area contributed by atoms with Crippen molar-refractivity contribution in [1.29, 1.82) is 0 Å². The van der Waals surface area contributed by atoms with E-state index in [4.69, 9.17) is 0 Å². The van der Waals surface area contributed by atoms with Crippen molar-refractivity contribution in [2.45, 2.75) is 51.9 Å². The van der Waals surface area contributed by atoms with Crippen molar-refractivity contribution in [3.05, 3.63) is 0 Å². The Kier molecular flexibility index (Phi) is 4.83. The number of likely N-dealkylation sites (tertiary alicyclic amines) is 1. The van der Waals surface area contributed by atoms with Crippen molar-refractivity contribution >= 4 is 11.9 Å². The lowest BCUT2D eigenvalue weighted by Crippen LogP contribution is -2.45. The molecule has 1 aliphatic heterocycles. The highest BCUT2D eigenvalue weighted by molar-refractivity contribution is 5.76. The summed E-state index contributed by atoms with van der Waals surface area (Å²) in [6.45, 7) is 2.70. The molecule has 2 rings (SSSR count). The van der Waals surface area contributed by atoms with Gasteiger partial charge >= 0.3 is 5.97 Å². The number of piperidine rings is 1. The monoisotopic (exact) mass is 267 g/mol. The van der Waals surface area contributed by atoms with Crippen LogP contribution >= 0.6 is 0 Å². The van der Waals surface area contributed by atoms with Gasteiger partial charge in [-0.25, -0.2) is 0 Å². The highest BCUT2D eigenvalue weighted by Crippen LogP contribution is 2.33. The number of amides is 1. The molecule has 1 saturated carbocycles. The second-order valence-electron chi connectivity index (χ2n) is 6.30.